The summed E-state index contributed by atoms with van der Waals surface area (Å²) in [6.45, 7) is 2.57. The molecule has 0 aliphatic rings. The van der Waals surface area contributed by atoms with E-state index in [1.165, 1.54) is 39.2 Å². The van der Waals surface area contributed by atoms with Gasteiger partial charge in [-0.15, -0.1) is 0 Å². The van der Waals surface area contributed by atoms with Gasteiger partial charge in [0.25, 0.3) is 0 Å². The molecule has 160 valence electrons. The summed E-state index contributed by atoms with van der Waals surface area (Å²) >= 11 is 0. The molecule has 0 saturated carbocycles. The molecular formula is C23H20O8. The highest BCUT2D eigenvalue weighted by atomic mass is 16.6. The highest BCUT2D eigenvalue weighted by Gasteiger charge is 2.08. The second kappa shape index (κ2) is 11.1. The fourth-order valence-corrected chi connectivity index (χ4v) is 2.34. The van der Waals surface area contributed by atoms with Gasteiger partial charge in [0.2, 0.25) is 0 Å². The fourth-order valence-electron chi connectivity index (χ4n) is 2.34. The van der Waals surface area contributed by atoms with Crippen molar-refractivity contribution < 1.29 is 38.1 Å². The quantitative estimate of drug-likeness (QED) is 0.288. The number of esters is 4. The van der Waals surface area contributed by atoms with Crippen molar-refractivity contribution in [3.05, 3.63) is 65.7 Å². The lowest BCUT2D eigenvalue weighted by Gasteiger charge is -2.08. The monoisotopic (exact) mass is 424 g/mol. The van der Waals surface area contributed by atoms with Crippen LogP contribution >= 0.6 is 0 Å². The SMILES string of the molecule is COc1cc(C=CC(=O)OC(=O)C=Cc2ccc(OC(C)=O)cc2)ccc1OC(C)=O. The molecule has 2 aromatic rings. The highest BCUT2D eigenvalue weighted by molar-refractivity contribution is 5.99. The van der Waals surface area contributed by atoms with Crippen molar-refractivity contribution in [2.75, 3.05) is 7.11 Å². The first-order valence-corrected chi connectivity index (χ1v) is 9.03. The van der Waals surface area contributed by atoms with E-state index < -0.39 is 23.9 Å². The standard InChI is InChI=1S/C23H20O8/c1-15(24)29-19-9-4-17(5-10-19)7-12-22(26)31-23(27)13-8-18-6-11-20(30-16(2)25)21(14-18)28-3/h4-14H,1-3H3. The van der Waals surface area contributed by atoms with Crippen molar-refractivity contribution in [2.24, 2.45) is 0 Å². The molecule has 0 N–H and O–H groups in total. The molecule has 8 heteroatoms. The summed E-state index contributed by atoms with van der Waals surface area (Å²) in [5.41, 5.74) is 1.22. The Morgan fingerprint density at radius 3 is 1.81 bits per heavy atom. The van der Waals surface area contributed by atoms with Gasteiger partial charge in [0.1, 0.15) is 5.75 Å². The van der Waals surface area contributed by atoms with Crippen LogP contribution in [0.3, 0.4) is 0 Å². The van der Waals surface area contributed by atoms with Gasteiger partial charge >= 0.3 is 23.9 Å². The van der Waals surface area contributed by atoms with Crippen LogP contribution in [-0.2, 0) is 23.9 Å². The minimum absolute atomic E-state index is 0.246. The maximum Gasteiger partial charge on any atom is 0.338 e. The van der Waals surface area contributed by atoms with Gasteiger partial charge in [-0.05, 0) is 47.5 Å². The summed E-state index contributed by atoms with van der Waals surface area (Å²) in [5.74, 6) is -1.69. The maximum atomic E-state index is 11.8. The Morgan fingerprint density at radius 2 is 1.26 bits per heavy atom. The fraction of sp³-hybridized carbons (Fsp3) is 0.130. The van der Waals surface area contributed by atoms with E-state index >= 15 is 0 Å². The number of carbonyl (C=O) groups excluding carboxylic acids is 4. The number of hydrogen-bond donors (Lipinski definition) is 0. The minimum atomic E-state index is -0.858. The molecule has 0 aliphatic heterocycles. The number of benzene rings is 2. The number of methoxy groups -OCH3 is 1. The normalized spacial score (nSPS) is 10.7. The predicted octanol–water partition coefficient (Wildman–Crippen LogP) is 3.34. The Labute approximate surface area is 178 Å². The summed E-state index contributed by atoms with van der Waals surface area (Å²) in [5, 5.41) is 0. The second-order valence-corrected chi connectivity index (χ2v) is 6.07. The molecule has 0 spiro atoms. The van der Waals surface area contributed by atoms with E-state index in [4.69, 9.17) is 14.2 Å². The summed E-state index contributed by atoms with van der Waals surface area (Å²) < 4.78 is 19.7. The van der Waals surface area contributed by atoms with Crippen molar-refractivity contribution in [1.82, 2.24) is 0 Å². The van der Waals surface area contributed by atoms with Crippen molar-refractivity contribution in [1.29, 1.82) is 0 Å². The first-order valence-electron chi connectivity index (χ1n) is 9.03. The average Bonchev–Trinajstić information content (AvgIpc) is 2.71. The first-order chi connectivity index (χ1) is 14.8. The zero-order chi connectivity index (χ0) is 22.8. The minimum Gasteiger partial charge on any atom is -0.493 e. The Kier molecular flexibility index (Phi) is 8.27. The molecule has 0 fully saturated rings. The van der Waals surface area contributed by atoms with E-state index in [9.17, 15) is 19.2 Å². The Morgan fingerprint density at radius 1 is 0.710 bits per heavy atom. The zero-order valence-electron chi connectivity index (χ0n) is 17.1. The van der Waals surface area contributed by atoms with E-state index in [1.807, 2.05) is 0 Å². The third kappa shape index (κ3) is 7.98. The molecule has 0 radical (unpaired) electrons. The molecule has 8 nitrogen and oxygen atoms in total. The van der Waals surface area contributed by atoms with Gasteiger partial charge in [-0.25, -0.2) is 9.59 Å². The molecule has 0 aromatic heterocycles. The summed E-state index contributed by atoms with van der Waals surface area (Å²) in [6, 6.07) is 11.1. The first kappa shape index (κ1) is 23.1. The Bertz CT molecular complexity index is 1030. The molecule has 0 atom stereocenters. The van der Waals surface area contributed by atoms with Crippen LogP contribution in [0.4, 0.5) is 0 Å². The van der Waals surface area contributed by atoms with E-state index in [0.717, 1.165) is 12.2 Å². The van der Waals surface area contributed by atoms with Gasteiger partial charge in [-0.3, -0.25) is 9.59 Å². The van der Waals surface area contributed by atoms with Crippen molar-refractivity contribution in [3.8, 4) is 17.2 Å². The number of rotatable bonds is 7. The predicted molar refractivity (Wildman–Crippen MR) is 111 cm³/mol. The number of ether oxygens (including phenoxy) is 4. The lowest BCUT2D eigenvalue weighted by molar-refractivity contribution is -0.152. The van der Waals surface area contributed by atoms with E-state index in [0.29, 0.717) is 22.6 Å². The van der Waals surface area contributed by atoms with Gasteiger partial charge in [0, 0.05) is 26.0 Å². The molecule has 0 bridgehead atoms. The molecule has 0 aliphatic carbocycles. The van der Waals surface area contributed by atoms with Crippen LogP contribution in [0, 0.1) is 0 Å². The third-order valence-electron chi connectivity index (χ3n) is 3.61. The van der Waals surface area contributed by atoms with Gasteiger partial charge in [0.05, 0.1) is 7.11 Å². The van der Waals surface area contributed by atoms with E-state index in [-0.39, 0.29) is 5.75 Å². The van der Waals surface area contributed by atoms with Crippen molar-refractivity contribution in [2.45, 2.75) is 13.8 Å². The summed E-state index contributed by atoms with van der Waals surface area (Å²) in [7, 11) is 1.42. The lowest BCUT2D eigenvalue weighted by atomic mass is 10.2. The smallest absolute Gasteiger partial charge is 0.338 e. The van der Waals surface area contributed by atoms with Crippen LogP contribution in [0.1, 0.15) is 25.0 Å². The third-order valence-corrected chi connectivity index (χ3v) is 3.61. The van der Waals surface area contributed by atoms with Crippen molar-refractivity contribution in [3.63, 3.8) is 0 Å². The van der Waals surface area contributed by atoms with Gasteiger partial charge < -0.3 is 18.9 Å². The van der Waals surface area contributed by atoms with Crippen LogP contribution in [0.2, 0.25) is 0 Å². The summed E-state index contributed by atoms with van der Waals surface area (Å²) in [6.07, 6.45) is 5.06. The van der Waals surface area contributed by atoms with E-state index in [1.54, 1.807) is 36.4 Å². The Balaban J connectivity index is 1.93. The van der Waals surface area contributed by atoms with Crippen LogP contribution in [0.5, 0.6) is 17.2 Å². The van der Waals surface area contributed by atoms with Crippen LogP contribution < -0.4 is 14.2 Å². The molecule has 0 heterocycles. The summed E-state index contributed by atoms with van der Waals surface area (Å²) in [4.78, 5) is 45.6. The molecule has 2 rings (SSSR count). The molecule has 31 heavy (non-hydrogen) atoms. The molecule has 2 aromatic carbocycles. The second-order valence-electron chi connectivity index (χ2n) is 6.07. The Hall–Kier alpha value is -4.20. The largest absolute Gasteiger partial charge is 0.493 e. The zero-order valence-corrected chi connectivity index (χ0v) is 17.1. The molecule has 0 unspecified atom stereocenters. The van der Waals surface area contributed by atoms with Crippen LogP contribution in [-0.4, -0.2) is 31.0 Å². The maximum absolute atomic E-state index is 11.8. The molecule has 0 amide bonds. The van der Waals surface area contributed by atoms with Crippen LogP contribution in [0.25, 0.3) is 12.2 Å². The van der Waals surface area contributed by atoms with Crippen molar-refractivity contribution >= 4 is 36.0 Å². The van der Waals surface area contributed by atoms with E-state index in [2.05, 4.69) is 4.74 Å². The topological polar surface area (TPSA) is 105 Å². The highest BCUT2D eigenvalue weighted by Crippen LogP contribution is 2.28. The van der Waals surface area contributed by atoms with Gasteiger partial charge in [-0.1, -0.05) is 18.2 Å². The van der Waals surface area contributed by atoms with Gasteiger partial charge in [-0.2, -0.15) is 0 Å². The average molecular weight is 424 g/mol. The number of carbonyl (C=O) groups is 4. The molecular weight excluding hydrogens is 404 g/mol. The number of hydrogen-bond acceptors (Lipinski definition) is 8. The molecule has 0 saturated heterocycles. The lowest BCUT2D eigenvalue weighted by Crippen LogP contribution is -2.06. The van der Waals surface area contributed by atoms with Gasteiger partial charge in [0.15, 0.2) is 11.5 Å². The van der Waals surface area contributed by atoms with Crippen LogP contribution in [0.15, 0.2) is 54.6 Å².